The minimum atomic E-state index is 0.0252. The van der Waals surface area contributed by atoms with Gasteiger partial charge in [-0.05, 0) is 38.9 Å². The van der Waals surface area contributed by atoms with E-state index in [9.17, 15) is 0 Å². The Balaban J connectivity index is 1.77. The molecule has 7 nitrogen and oxygen atoms in total. The highest BCUT2D eigenvalue weighted by molar-refractivity contribution is 6.34. The van der Waals surface area contributed by atoms with Crippen molar-refractivity contribution in [3.05, 3.63) is 34.7 Å². The van der Waals surface area contributed by atoms with Gasteiger partial charge in [-0.15, -0.1) is 0 Å². The molecule has 1 fully saturated rings. The Labute approximate surface area is 169 Å². The van der Waals surface area contributed by atoms with Crippen LogP contribution in [0.2, 0.25) is 5.02 Å². The van der Waals surface area contributed by atoms with E-state index in [1.807, 2.05) is 31.0 Å². The Morgan fingerprint density at radius 3 is 3.00 bits per heavy atom. The van der Waals surface area contributed by atoms with Crippen molar-refractivity contribution in [2.45, 2.75) is 32.9 Å². The summed E-state index contributed by atoms with van der Waals surface area (Å²) < 4.78 is 15.6. The summed E-state index contributed by atoms with van der Waals surface area (Å²) in [5.41, 5.74) is 4.93. The van der Waals surface area contributed by atoms with Gasteiger partial charge in [0.1, 0.15) is 17.4 Å². The summed E-state index contributed by atoms with van der Waals surface area (Å²) in [6.45, 7) is 6.46. The lowest BCUT2D eigenvalue weighted by Crippen LogP contribution is -2.24. The van der Waals surface area contributed by atoms with Gasteiger partial charge in [-0.2, -0.15) is 10.2 Å². The third-order valence-corrected chi connectivity index (χ3v) is 5.80. The van der Waals surface area contributed by atoms with Crippen LogP contribution < -0.4 is 10.1 Å². The van der Waals surface area contributed by atoms with E-state index in [0.717, 1.165) is 60.0 Å². The van der Waals surface area contributed by atoms with Crippen LogP contribution in [-0.2, 0) is 18.3 Å². The molecule has 4 heterocycles. The van der Waals surface area contributed by atoms with Gasteiger partial charge in [-0.3, -0.25) is 4.68 Å². The minimum absolute atomic E-state index is 0.0252. The van der Waals surface area contributed by atoms with Crippen molar-refractivity contribution in [3.8, 4) is 17.0 Å². The highest BCUT2D eigenvalue weighted by Crippen LogP contribution is 2.35. The van der Waals surface area contributed by atoms with Crippen LogP contribution in [0.4, 0.5) is 0 Å². The Kier molecular flexibility index (Phi) is 5.31. The van der Waals surface area contributed by atoms with Crippen molar-refractivity contribution < 1.29 is 9.47 Å². The van der Waals surface area contributed by atoms with E-state index in [2.05, 4.69) is 24.3 Å². The van der Waals surface area contributed by atoms with Crippen LogP contribution in [0, 0.1) is 12.8 Å². The Morgan fingerprint density at radius 2 is 2.29 bits per heavy atom. The number of rotatable bonds is 6. The van der Waals surface area contributed by atoms with E-state index < -0.39 is 0 Å². The molecular weight excluding hydrogens is 378 g/mol. The van der Waals surface area contributed by atoms with Crippen LogP contribution in [0.1, 0.15) is 24.6 Å². The van der Waals surface area contributed by atoms with E-state index in [0.29, 0.717) is 10.9 Å². The summed E-state index contributed by atoms with van der Waals surface area (Å²) in [6, 6.07) is 2.02. The fourth-order valence-electron chi connectivity index (χ4n) is 3.84. The third kappa shape index (κ3) is 3.38. The van der Waals surface area contributed by atoms with Gasteiger partial charge in [0.05, 0.1) is 29.2 Å². The molecule has 0 saturated carbocycles. The molecule has 3 aromatic rings. The maximum atomic E-state index is 6.41. The van der Waals surface area contributed by atoms with E-state index in [1.54, 1.807) is 10.7 Å². The number of pyridine rings is 1. The first-order valence-electron chi connectivity index (χ1n) is 9.58. The summed E-state index contributed by atoms with van der Waals surface area (Å²) in [6.07, 6.45) is 4.64. The molecule has 3 aromatic heterocycles. The normalized spacial score (nSPS) is 18.1. The first kappa shape index (κ1) is 19.2. The van der Waals surface area contributed by atoms with Gasteiger partial charge in [0.2, 0.25) is 0 Å². The summed E-state index contributed by atoms with van der Waals surface area (Å²) in [5, 5.41) is 12.9. The second-order valence-electron chi connectivity index (χ2n) is 7.40. The SMILES string of the molecule is CNCc1c(C)c(-c2cc(OC(C)C3CCOC3)c3c(Cl)cnn3c2)nn1C. The fraction of sp³-hybridized carbons (Fsp3) is 0.500. The molecule has 0 bridgehead atoms. The topological polar surface area (TPSA) is 65.6 Å². The van der Waals surface area contributed by atoms with Crippen molar-refractivity contribution in [3.63, 3.8) is 0 Å². The van der Waals surface area contributed by atoms with Crippen LogP contribution in [0.15, 0.2) is 18.5 Å². The first-order chi connectivity index (χ1) is 13.5. The maximum absolute atomic E-state index is 6.41. The number of fused-ring (bicyclic) bond motifs is 1. The largest absolute Gasteiger partial charge is 0.488 e. The number of ether oxygens (including phenoxy) is 2. The second-order valence-corrected chi connectivity index (χ2v) is 7.81. The van der Waals surface area contributed by atoms with Crippen LogP contribution in [0.25, 0.3) is 16.8 Å². The molecule has 8 heteroatoms. The van der Waals surface area contributed by atoms with Crippen molar-refractivity contribution in [1.29, 1.82) is 0 Å². The quantitative estimate of drug-likeness (QED) is 0.684. The maximum Gasteiger partial charge on any atom is 0.147 e. The molecule has 2 atom stereocenters. The molecule has 4 rings (SSSR count). The first-order valence-corrected chi connectivity index (χ1v) is 9.96. The molecule has 0 aromatic carbocycles. The van der Waals surface area contributed by atoms with E-state index in [4.69, 9.17) is 26.2 Å². The zero-order valence-electron chi connectivity index (χ0n) is 16.7. The lowest BCUT2D eigenvalue weighted by molar-refractivity contribution is 0.124. The zero-order chi connectivity index (χ0) is 19.8. The Hall–Kier alpha value is -2.09. The summed E-state index contributed by atoms with van der Waals surface area (Å²) in [4.78, 5) is 0. The van der Waals surface area contributed by atoms with Crippen LogP contribution in [0.5, 0.6) is 5.75 Å². The van der Waals surface area contributed by atoms with Crippen molar-refractivity contribution >= 4 is 17.1 Å². The molecule has 1 aliphatic heterocycles. The highest BCUT2D eigenvalue weighted by atomic mass is 35.5. The fourth-order valence-corrected chi connectivity index (χ4v) is 4.06. The van der Waals surface area contributed by atoms with Gasteiger partial charge < -0.3 is 14.8 Å². The number of aromatic nitrogens is 4. The summed E-state index contributed by atoms with van der Waals surface area (Å²) in [7, 11) is 3.90. The molecule has 1 N–H and O–H groups in total. The van der Waals surface area contributed by atoms with E-state index in [1.165, 1.54) is 0 Å². The summed E-state index contributed by atoms with van der Waals surface area (Å²) in [5.74, 6) is 1.10. The number of hydrogen-bond donors (Lipinski definition) is 1. The molecule has 150 valence electrons. The van der Waals surface area contributed by atoms with Gasteiger partial charge >= 0.3 is 0 Å². The van der Waals surface area contributed by atoms with Crippen molar-refractivity contribution in [1.82, 2.24) is 24.7 Å². The number of aryl methyl sites for hydroxylation is 1. The molecule has 1 saturated heterocycles. The highest BCUT2D eigenvalue weighted by Gasteiger charge is 2.25. The molecule has 0 spiro atoms. The smallest absolute Gasteiger partial charge is 0.147 e. The lowest BCUT2D eigenvalue weighted by Gasteiger charge is -2.21. The van der Waals surface area contributed by atoms with Crippen LogP contribution >= 0.6 is 11.6 Å². The molecule has 0 amide bonds. The van der Waals surface area contributed by atoms with Gasteiger partial charge in [0, 0.05) is 37.9 Å². The Morgan fingerprint density at radius 1 is 1.46 bits per heavy atom. The number of nitrogens with one attached hydrogen (secondary N) is 1. The average Bonchev–Trinajstić information content (AvgIpc) is 3.39. The van der Waals surface area contributed by atoms with E-state index >= 15 is 0 Å². The second kappa shape index (κ2) is 7.73. The molecule has 28 heavy (non-hydrogen) atoms. The van der Waals surface area contributed by atoms with Crippen LogP contribution in [-0.4, -0.2) is 45.8 Å². The predicted molar refractivity (Wildman–Crippen MR) is 109 cm³/mol. The zero-order valence-corrected chi connectivity index (χ0v) is 17.5. The Bertz CT molecular complexity index is 990. The summed E-state index contributed by atoms with van der Waals surface area (Å²) >= 11 is 6.41. The number of nitrogens with zero attached hydrogens (tertiary/aromatic N) is 4. The number of halogens is 1. The molecule has 1 aliphatic rings. The lowest BCUT2D eigenvalue weighted by atomic mass is 10.0. The van der Waals surface area contributed by atoms with Gasteiger partial charge in [-0.25, -0.2) is 4.52 Å². The van der Waals surface area contributed by atoms with Crippen molar-refractivity contribution in [2.75, 3.05) is 20.3 Å². The molecular formula is C20H26ClN5O2. The standard InChI is InChI=1S/C20H26ClN5O2/c1-12-17(9-22-3)25(4)24-19(12)15-7-18(20-16(21)8-23-26(20)10-15)28-13(2)14-5-6-27-11-14/h7-8,10,13-14,22H,5-6,9,11H2,1-4H3. The van der Waals surface area contributed by atoms with Crippen LogP contribution in [0.3, 0.4) is 0 Å². The van der Waals surface area contributed by atoms with E-state index in [-0.39, 0.29) is 6.10 Å². The van der Waals surface area contributed by atoms with Gasteiger partial charge in [0.15, 0.2) is 0 Å². The van der Waals surface area contributed by atoms with Gasteiger partial charge in [-0.1, -0.05) is 11.6 Å². The molecule has 0 radical (unpaired) electrons. The van der Waals surface area contributed by atoms with Crippen molar-refractivity contribution in [2.24, 2.45) is 13.0 Å². The molecule has 2 unspecified atom stereocenters. The monoisotopic (exact) mass is 403 g/mol. The third-order valence-electron chi connectivity index (χ3n) is 5.52. The average molecular weight is 404 g/mol. The minimum Gasteiger partial charge on any atom is -0.488 e. The number of hydrogen-bond acceptors (Lipinski definition) is 5. The predicted octanol–water partition coefficient (Wildman–Crippen LogP) is 3.22. The van der Waals surface area contributed by atoms with Gasteiger partial charge in [0.25, 0.3) is 0 Å². The molecule has 0 aliphatic carbocycles.